The minimum Gasteiger partial charge on any atom is -0.478 e. The largest absolute Gasteiger partial charge is 0.478 e. The van der Waals surface area contributed by atoms with Crippen LogP contribution in [0.1, 0.15) is 34.2 Å². The van der Waals surface area contributed by atoms with E-state index in [-0.39, 0.29) is 5.56 Å². The maximum absolute atomic E-state index is 12.0. The van der Waals surface area contributed by atoms with Gasteiger partial charge < -0.3 is 19.3 Å². The number of aryl methyl sites for hydroxylation is 1. The number of piperazine rings is 1. The van der Waals surface area contributed by atoms with E-state index in [0.717, 1.165) is 72.1 Å². The third-order valence-corrected chi connectivity index (χ3v) is 5.99. The van der Waals surface area contributed by atoms with Gasteiger partial charge in [0.05, 0.1) is 33.9 Å². The Morgan fingerprint density at radius 1 is 1.13 bits per heavy atom. The smallest absolute Gasteiger partial charge is 0.336 e. The van der Waals surface area contributed by atoms with Crippen LogP contribution in [0.4, 0.5) is 0 Å². The highest BCUT2D eigenvalue weighted by Gasteiger charge is 2.24. The van der Waals surface area contributed by atoms with Crippen molar-refractivity contribution in [3.05, 3.63) is 59.6 Å². The number of rotatable bonds is 5. The lowest BCUT2D eigenvalue weighted by atomic mass is 10.0. The third-order valence-electron chi connectivity index (χ3n) is 5.99. The molecule has 0 unspecified atom stereocenters. The fourth-order valence-electron chi connectivity index (χ4n) is 4.16. The topological polar surface area (TPSA) is 74.0 Å². The Morgan fingerprint density at radius 2 is 1.87 bits per heavy atom. The predicted octanol–water partition coefficient (Wildman–Crippen LogP) is 3.32. The Labute approximate surface area is 176 Å². The van der Waals surface area contributed by atoms with Gasteiger partial charge in [0.1, 0.15) is 0 Å². The van der Waals surface area contributed by atoms with Gasteiger partial charge in [-0.25, -0.2) is 4.79 Å². The zero-order valence-electron chi connectivity index (χ0n) is 17.7. The molecule has 0 aliphatic carbocycles. The van der Waals surface area contributed by atoms with Crippen molar-refractivity contribution in [1.82, 2.24) is 24.4 Å². The van der Waals surface area contributed by atoms with Crippen LogP contribution in [-0.2, 0) is 0 Å². The van der Waals surface area contributed by atoms with E-state index in [1.807, 2.05) is 42.6 Å². The number of hydrogen-bond acceptors (Lipinski definition) is 5. The Morgan fingerprint density at radius 3 is 2.47 bits per heavy atom. The second kappa shape index (κ2) is 7.91. The molecule has 4 rings (SSSR count). The highest BCUT2D eigenvalue weighted by molar-refractivity contribution is 5.95. The highest BCUT2D eigenvalue weighted by Crippen LogP contribution is 2.32. The molecule has 1 aliphatic heterocycles. The Bertz CT molecular complexity index is 1110. The molecule has 156 valence electrons. The molecule has 4 heterocycles. The van der Waals surface area contributed by atoms with Crippen molar-refractivity contribution in [2.75, 3.05) is 32.7 Å². The van der Waals surface area contributed by atoms with Gasteiger partial charge in [-0.05, 0) is 50.2 Å². The fraction of sp³-hybridized carbons (Fsp3) is 0.348. The van der Waals surface area contributed by atoms with Crippen LogP contribution in [0.2, 0.25) is 0 Å². The van der Waals surface area contributed by atoms with Crippen molar-refractivity contribution in [2.45, 2.75) is 20.8 Å². The Balaban J connectivity index is 1.84. The summed E-state index contributed by atoms with van der Waals surface area (Å²) in [4.78, 5) is 16.7. The number of hydrogen-bond donors (Lipinski definition) is 1. The van der Waals surface area contributed by atoms with Gasteiger partial charge in [0.15, 0.2) is 0 Å². The zero-order chi connectivity index (χ0) is 21.4. The summed E-state index contributed by atoms with van der Waals surface area (Å²) in [5.41, 5.74) is 5.89. The van der Waals surface area contributed by atoms with E-state index in [9.17, 15) is 9.90 Å². The SMILES string of the molecule is C=C(c1c(C)c(C(=O)O)cc2c(-c3ccc(C)nn3)ccn12)N1CCN(CC)CC1. The van der Waals surface area contributed by atoms with Crippen LogP contribution in [0.25, 0.3) is 22.5 Å². The summed E-state index contributed by atoms with van der Waals surface area (Å²) in [6, 6.07) is 7.51. The van der Waals surface area contributed by atoms with Crippen molar-refractivity contribution in [3.63, 3.8) is 0 Å². The molecular weight excluding hydrogens is 378 g/mol. The minimum atomic E-state index is -0.943. The molecule has 0 atom stereocenters. The first-order valence-electron chi connectivity index (χ1n) is 10.3. The normalized spacial score (nSPS) is 15.0. The van der Waals surface area contributed by atoms with Crippen LogP contribution >= 0.6 is 0 Å². The number of fused-ring (bicyclic) bond motifs is 1. The number of nitrogens with zero attached hydrogens (tertiary/aromatic N) is 5. The second-order valence-electron chi connectivity index (χ2n) is 7.75. The van der Waals surface area contributed by atoms with Crippen molar-refractivity contribution >= 4 is 17.2 Å². The Hall–Kier alpha value is -3.19. The summed E-state index contributed by atoms with van der Waals surface area (Å²) in [6.07, 6.45) is 1.97. The van der Waals surface area contributed by atoms with Gasteiger partial charge in [-0.3, -0.25) is 0 Å². The Kier molecular flexibility index (Phi) is 5.30. The summed E-state index contributed by atoms with van der Waals surface area (Å²) >= 11 is 0. The molecule has 1 aliphatic rings. The number of likely N-dealkylation sites (N-methyl/N-ethyl adjacent to an activating group) is 1. The van der Waals surface area contributed by atoms with Gasteiger partial charge in [0.25, 0.3) is 0 Å². The first-order valence-corrected chi connectivity index (χ1v) is 10.3. The average Bonchev–Trinajstić information content (AvgIpc) is 3.16. The molecule has 1 saturated heterocycles. The van der Waals surface area contributed by atoms with E-state index in [1.54, 1.807) is 6.07 Å². The molecule has 0 bridgehead atoms. The summed E-state index contributed by atoms with van der Waals surface area (Å²) < 4.78 is 2.03. The number of carboxylic acid groups (broad SMARTS) is 1. The molecule has 3 aromatic heterocycles. The minimum absolute atomic E-state index is 0.283. The van der Waals surface area contributed by atoms with Crippen LogP contribution in [0.5, 0.6) is 0 Å². The van der Waals surface area contributed by atoms with Gasteiger partial charge in [-0.1, -0.05) is 13.5 Å². The van der Waals surface area contributed by atoms with Crippen LogP contribution in [-0.4, -0.2) is 68.2 Å². The molecule has 0 saturated carbocycles. The molecule has 0 radical (unpaired) electrons. The number of aromatic carboxylic acids is 1. The van der Waals surface area contributed by atoms with Crippen LogP contribution in [0, 0.1) is 13.8 Å². The summed E-state index contributed by atoms with van der Waals surface area (Å²) in [5, 5.41) is 18.3. The van der Waals surface area contributed by atoms with E-state index in [4.69, 9.17) is 0 Å². The van der Waals surface area contributed by atoms with E-state index >= 15 is 0 Å². The molecule has 7 nitrogen and oxygen atoms in total. The van der Waals surface area contributed by atoms with Gasteiger partial charge >= 0.3 is 5.97 Å². The number of aromatic nitrogens is 3. The number of pyridine rings is 1. The lowest BCUT2D eigenvalue weighted by Gasteiger charge is -2.37. The van der Waals surface area contributed by atoms with Gasteiger partial charge in [-0.15, -0.1) is 0 Å². The van der Waals surface area contributed by atoms with E-state index < -0.39 is 5.97 Å². The van der Waals surface area contributed by atoms with Crippen molar-refractivity contribution < 1.29 is 9.90 Å². The second-order valence-corrected chi connectivity index (χ2v) is 7.75. The first kappa shape index (κ1) is 20.1. The maximum Gasteiger partial charge on any atom is 0.336 e. The van der Waals surface area contributed by atoms with Crippen molar-refractivity contribution in [1.29, 1.82) is 0 Å². The first-order chi connectivity index (χ1) is 14.4. The van der Waals surface area contributed by atoms with Gasteiger partial charge in [0, 0.05) is 37.9 Å². The van der Waals surface area contributed by atoms with Gasteiger partial charge in [-0.2, -0.15) is 10.2 Å². The standard InChI is InChI=1S/C23H27N5O2/c1-5-26-10-12-27(13-11-26)17(4)22-16(3)19(23(29)30)14-21-18(8-9-28(21)22)20-7-6-15(2)24-25-20/h6-9,14H,4-5,10-13H2,1-3H3,(H,29,30). The van der Waals surface area contributed by atoms with Crippen molar-refractivity contribution in [3.8, 4) is 11.3 Å². The predicted molar refractivity (Wildman–Crippen MR) is 118 cm³/mol. The lowest BCUT2D eigenvalue weighted by Crippen LogP contribution is -2.45. The maximum atomic E-state index is 12.0. The summed E-state index contributed by atoms with van der Waals surface area (Å²) in [7, 11) is 0. The molecule has 1 N–H and O–H groups in total. The average molecular weight is 406 g/mol. The van der Waals surface area contributed by atoms with Crippen LogP contribution < -0.4 is 0 Å². The monoisotopic (exact) mass is 405 g/mol. The van der Waals surface area contributed by atoms with Gasteiger partial charge in [0.2, 0.25) is 0 Å². The number of carbonyl (C=O) groups is 1. The molecular formula is C23H27N5O2. The summed E-state index contributed by atoms with van der Waals surface area (Å²) in [6.45, 7) is 15.0. The van der Waals surface area contributed by atoms with Crippen LogP contribution in [0.15, 0.2) is 37.0 Å². The van der Waals surface area contributed by atoms with E-state index in [1.165, 1.54) is 0 Å². The third kappa shape index (κ3) is 3.45. The van der Waals surface area contributed by atoms with Crippen molar-refractivity contribution in [2.24, 2.45) is 0 Å². The molecule has 3 aromatic rings. The molecule has 7 heteroatoms. The highest BCUT2D eigenvalue weighted by atomic mass is 16.4. The zero-order valence-corrected chi connectivity index (χ0v) is 17.7. The fourth-order valence-corrected chi connectivity index (χ4v) is 4.16. The quantitative estimate of drug-likeness (QED) is 0.702. The molecule has 1 fully saturated rings. The van der Waals surface area contributed by atoms with Crippen LogP contribution in [0.3, 0.4) is 0 Å². The van der Waals surface area contributed by atoms with E-state index in [2.05, 4.69) is 33.5 Å². The van der Waals surface area contributed by atoms with E-state index in [0.29, 0.717) is 0 Å². The lowest BCUT2D eigenvalue weighted by molar-refractivity contribution is 0.0696. The molecule has 30 heavy (non-hydrogen) atoms. The molecule has 0 amide bonds. The summed E-state index contributed by atoms with van der Waals surface area (Å²) in [5.74, 6) is -0.943. The molecule has 0 spiro atoms. The molecule has 0 aromatic carbocycles. The number of carboxylic acids is 1.